The van der Waals surface area contributed by atoms with E-state index in [-0.39, 0.29) is 0 Å². The Kier molecular flexibility index (Phi) is 3.11. The van der Waals surface area contributed by atoms with Crippen LogP contribution >= 0.6 is 11.3 Å². The molecule has 20 heavy (non-hydrogen) atoms. The summed E-state index contributed by atoms with van der Waals surface area (Å²) in [5.74, 6) is 1.79. The molecular formula is C15H20N4S. The van der Waals surface area contributed by atoms with Gasteiger partial charge in [-0.3, -0.25) is 0 Å². The number of hydrogen-bond donors (Lipinski definition) is 1. The molecular weight excluding hydrogens is 268 g/mol. The maximum atomic E-state index is 4.41. The highest BCUT2D eigenvalue weighted by atomic mass is 32.1. The molecule has 2 saturated heterocycles. The fourth-order valence-electron chi connectivity index (χ4n) is 3.86. The molecule has 2 aromatic heterocycles. The molecule has 4 rings (SSSR count). The van der Waals surface area contributed by atoms with Crippen LogP contribution in [0.4, 0.5) is 5.82 Å². The van der Waals surface area contributed by atoms with Crippen LogP contribution in [-0.2, 0) is 0 Å². The van der Waals surface area contributed by atoms with E-state index < -0.39 is 0 Å². The van der Waals surface area contributed by atoms with E-state index in [0.717, 1.165) is 40.6 Å². The number of thiophene rings is 1. The quantitative estimate of drug-likeness (QED) is 0.942. The molecule has 4 nitrogen and oxygen atoms in total. The van der Waals surface area contributed by atoms with Gasteiger partial charge < -0.3 is 10.2 Å². The van der Waals surface area contributed by atoms with Crippen molar-refractivity contribution in [2.75, 3.05) is 18.9 Å². The van der Waals surface area contributed by atoms with Crippen molar-refractivity contribution in [3.63, 3.8) is 0 Å². The van der Waals surface area contributed by atoms with E-state index in [4.69, 9.17) is 0 Å². The molecule has 0 spiro atoms. The predicted molar refractivity (Wildman–Crippen MR) is 83.2 cm³/mol. The second-order valence-electron chi connectivity index (χ2n) is 6.13. The van der Waals surface area contributed by atoms with Gasteiger partial charge in [-0.05, 0) is 50.1 Å². The van der Waals surface area contributed by atoms with Gasteiger partial charge in [0.25, 0.3) is 0 Å². The highest BCUT2D eigenvalue weighted by molar-refractivity contribution is 7.16. The molecule has 2 aromatic rings. The van der Waals surface area contributed by atoms with Gasteiger partial charge >= 0.3 is 0 Å². The van der Waals surface area contributed by atoms with E-state index in [1.165, 1.54) is 25.7 Å². The SMILES string of the molecule is CN1C2CCC1CC(CNc1ncnc3sccc13)C2. The summed E-state index contributed by atoms with van der Waals surface area (Å²) in [4.78, 5) is 12.4. The van der Waals surface area contributed by atoms with Gasteiger partial charge in [-0.2, -0.15) is 0 Å². The molecule has 0 aromatic carbocycles. The highest BCUT2D eigenvalue weighted by Crippen LogP contribution is 2.37. The summed E-state index contributed by atoms with van der Waals surface area (Å²) in [6.07, 6.45) is 7.11. The van der Waals surface area contributed by atoms with Crippen LogP contribution in [0.2, 0.25) is 0 Å². The standard InChI is InChI=1S/C15H20N4S/c1-19-11-2-3-12(19)7-10(6-11)8-16-14-13-4-5-20-15(13)18-9-17-14/h4-5,9-12H,2-3,6-8H2,1H3,(H,16,17,18). The zero-order valence-corrected chi connectivity index (χ0v) is 12.6. The van der Waals surface area contributed by atoms with Crippen LogP contribution in [0, 0.1) is 5.92 Å². The summed E-state index contributed by atoms with van der Waals surface area (Å²) in [6, 6.07) is 3.74. The topological polar surface area (TPSA) is 41.0 Å². The van der Waals surface area contributed by atoms with Crippen molar-refractivity contribution in [1.82, 2.24) is 14.9 Å². The summed E-state index contributed by atoms with van der Waals surface area (Å²) >= 11 is 1.68. The van der Waals surface area contributed by atoms with Crippen molar-refractivity contribution in [2.45, 2.75) is 37.8 Å². The Morgan fingerprint density at radius 2 is 2.10 bits per heavy atom. The maximum absolute atomic E-state index is 4.41. The van der Waals surface area contributed by atoms with Crippen LogP contribution in [0.3, 0.4) is 0 Å². The second kappa shape index (κ2) is 4.97. The Hall–Kier alpha value is -1.20. The third-order valence-corrected chi connectivity index (χ3v) is 5.84. The van der Waals surface area contributed by atoms with Crippen molar-refractivity contribution in [3.05, 3.63) is 17.8 Å². The molecule has 0 aliphatic carbocycles. The van der Waals surface area contributed by atoms with Crippen molar-refractivity contribution < 1.29 is 0 Å². The third-order valence-electron chi connectivity index (χ3n) is 5.02. The summed E-state index contributed by atoms with van der Waals surface area (Å²) < 4.78 is 0. The Balaban J connectivity index is 1.45. The Labute approximate surface area is 123 Å². The van der Waals surface area contributed by atoms with Crippen molar-refractivity contribution in [1.29, 1.82) is 0 Å². The van der Waals surface area contributed by atoms with E-state index in [9.17, 15) is 0 Å². The molecule has 2 unspecified atom stereocenters. The smallest absolute Gasteiger partial charge is 0.138 e. The van der Waals surface area contributed by atoms with Crippen LogP contribution < -0.4 is 5.32 Å². The van der Waals surface area contributed by atoms with Crippen LogP contribution in [0.25, 0.3) is 10.2 Å². The van der Waals surface area contributed by atoms with Crippen LogP contribution in [0.5, 0.6) is 0 Å². The Morgan fingerprint density at radius 3 is 2.90 bits per heavy atom. The highest BCUT2D eigenvalue weighted by Gasteiger charge is 2.38. The lowest BCUT2D eigenvalue weighted by Crippen LogP contribution is -2.41. The van der Waals surface area contributed by atoms with Gasteiger partial charge in [0.05, 0.1) is 5.39 Å². The van der Waals surface area contributed by atoms with Gasteiger partial charge in [0.15, 0.2) is 0 Å². The van der Waals surface area contributed by atoms with Crippen molar-refractivity contribution in [3.8, 4) is 0 Å². The van der Waals surface area contributed by atoms with Gasteiger partial charge in [-0.1, -0.05) is 0 Å². The van der Waals surface area contributed by atoms with Gasteiger partial charge in [-0.25, -0.2) is 9.97 Å². The molecule has 2 atom stereocenters. The number of nitrogens with one attached hydrogen (secondary N) is 1. The monoisotopic (exact) mass is 288 g/mol. The normalized spacial score (nSPS) is 29.9. The number of aromatic nitrogens is 2. The predicted octanol–water partition coefficient (Wildman–Crippen LogP) is 2.98. The van der Waals surface area contributed by atoms with Gasteiger partial charge in [0.1, 0.15) is 17.0 Å². The molecule has 0 saturated carbocycles. The van der Waals surface area contributed by atoms with Crippen LogP contribution in [0.1, 0.15) is 25.7 Å². The lowest BCUT2D eigenvalue weighted by atomic mass is 9.91. The summed E-state index contributed by atoms with van der Waals surface area (Å²) in [5, 5.41) is 6.81. The van der Waals surface area contributed by atoms with E-state index in [2.05, 4.69) is 38.7 Å². The molecule has 2 aliphatic heterocycles. The van der Waals surface area contributed by atoms with Gasteiger partial charge in [-0.15, -0.1) is 11.3 Å². The molecule has 2 fully saturated rings. The molecule has 2 aliphatic rings. The zero-order chi connectivity index (χ0) is 13.5. The fourth-order valence-corrected chi connectivity index (χ4v) is 4.60. The van der Waals surface area contributed by atoms with Crippen molar-refractivity contribution >= 4 is 27.4 Å². The van der Waals surface area contributed by atoms with E-state index in [0.29, 0.717) is 0 Å². The second-order valence-corrected chi connectivity index (χ2v) is 7.03. The van der Waals surface area contributed by atoms with Gasteiger partial charge in [0, 0.05) is 18.6 Å². The first-order chi connectivity index (χ1) is 9.81. The first kappa shape index (κ1) is 12.5. The molecule has 0 amide bonds. The maximum Gasteiger partial charge on any atom is 0.138 e. The lowest BCUT2D eigenvalue weighted by Gasteiger charge is -2.36. The minimum Gasteiger partial charge on any atom is -0.369 e. The molecule has 2 bridgehead atoms. The molecule has 0 radical (unpaired) electrons. The minimum absolute atomic E-state index is 0.785. The number of piperidine rings is 1. The Morgan fingerprint density at radius 1 is 1.30 bits per heavy atom. The van der Waals surface area contributed by atoms with E-state index >= 15 is 0 Å². The van der Waals surface area contributed by atoms with Crippen LogP contribution in [-0.4, -0.2) is 40.5 Å². The number of fused-ring (bicyclic) bond motifs is 3. The fraction of sp³-hybridized carbons (Fsp3) is 0.600. The van der Waals surface area contributed by atoms with Crippen molar-refractivity contribution in [2.24, 2.45) is 5.92 Å². The molecule has 106 valence electrons. The first-order valence-electron chi connectivity index (χ1n) is 7.45. The van der Waals surface area contributed by atoms with Gasteiger partial charge in [0.2, 0.25) is 0 Å². The molecule has 5 heteroatoms. The van der Waals surface area contributed by atoms with E-state index in [1.54, 1.807) is 17.7 Å². The number of hydrogen-bond acceptors (Lipinski definition) is 5. The summed E-state index contributed by atoms with van der Waals surface area (Å²) in [5.41, 5.74) is 0. The lowest BCUT2D eigenvalue weighted by molar-refractivity contribution is 0.139. The minimum atomic E-state index is 0.785. The van der Waals surface area contributed by atoms with Crippen LogP contribution in [0.15, 0.2) is 17.8 Å². The number of rotatable bonds is 3. The average molecular weight is 288 g/mol. The largest absolute Gasteiger partial charge is 0.369 e. The summed E-state index contributed by atoms with van der Waals surface area (Å²) in [7, 11) is 2.30. The summed E-state index contributed by atoms with van der Waals surface area (Å²) in [6.45, 7) is 1.04. The average Bonchev–Trinajstić information content (AvgIpc) is 2.99. The molecule has 1 N–H and O–H groups in total. The first-order valence-corrected chi connectivity index (χ1v) is 8.33. The number of nitrogens with zero attached hydrogens (tertiary/aromatic N) is 3. The third kappa shape index (κ3) is 2.09. The molecule has 4 heterocycles. The Bertz CT molecular complexity index is 597. The number of anilines is 1. The van der Waals surface area contributed by atoms with E-state index in [1.807, 2.05) is 0 Å². The zero-order valence-electron chi connectivity index (χ0n) is 11.7.